The molecule has 0 atom stereocenters. The van der Waals surface area contributed by atoms with Crippen LogP contribution in [0.25, 0.3) is 0 Å². The van der Waals surface area contributed by atoms with E-state index in [0.717, 1.165) is 44.2 Å². The van der Waals surface area contributed by atoms with Gasteiger partial charge in [-0.1, -0.05) is 84.4 Å². The molecule has 0 saturated carbocycles. The summed E-state index contributed by atoms with van der Waals surface area (Å²) in [5.41, 5.74) is 4.19. The maximum absolute atomic E-state index is 6.03. The van der Waals surface area contributed by atoms with Gasteiger partial charge in [0.05, 0.1) is 0 Å². The molecular weight excluding hydrogens is 388 g/mol. The second-order valence-corrected chi connectivity index (χ2v) is 8.76. The summed E-state index contributed by atoms with van der Waals surface area (Å²) in [7, 11) is 0. The normalized spacial score (nSPS) is 15.5. The van der Waals surface area contributed by atoms with Crippen LogP contribution in [0.5, 0.6) is 0 Å². The van der Waals surface area contributed by atoms with Crippen LogP contribution >= 0.6 is 11.6 Å². The maximum atomic E-state index is 6.03. The molecule has 1 heterocycles. The summed E-state index contributed by atoms with van der Waals surface area (Å²) < 4.78 is 0. The molecule has 4 rings (SSSR count). The number of benzene rings is 3. The first-order valence-electron chi connectivity index (χ1n) is 11.0. The first kappa shape index (κ1) is 21.1. The highest BCUT2D eigenvalue weighted by Crippen LogP contribution is 2.22. The summed E-state index contributed by atoms with van der Waals surface area (Å²) in [4.78, 5) is 5.29. The predicted molar refractivity (Wildman–Crippen MR) is 127 cm³/mol. The first-order valence-corrected chi connectivity index (χ1v) is 11.4. The molecule has 0 bridgehead atoms. The predicted octanol–water partition coefficient (Wildman–Crippen LogP) is 6.05. The SMILES string of the molecule is Clc1ccc(CN2CCC(N(CCc3ccccc3)Cc3ccccc3)CC2)cc1. The Balaban J connectivity index is 1.36. The van der Waals surface area contributed by atoms with E-state index in [1.807, 2.05) is 12.1 Å². The summed E-state index contributed by atoms with van der Waals surface area (Å²) >= 11 is 6.03. The fourth-order valence-electron chi connectivity index (χ4n) is 4.42. The highest BCUT2D eigenvalue weighted by atomic mass is 35.5. The number of rotatable bonds is 8. The van der Waals surface area contributed by atoms with Crippen LogP contribution in [0.4, 0.5) is 0 Å². The lowest BCUT2D eigenvalue weighted by Crippen LogP contribution is -2.45. The number of piperidine rings is 1. The van der Waals surface area contributed by atoms with Crippen molar-refractivity contribution in [3.05, 3.63) is 107 Å². The maximum Gasteiger partial charge on any atom is 0.0406 e. The number of hydrogen-bond donors (Lipinski definition) is 0. The number of hydrogen-bond acceptors (Lipinski definition) is 2. The number of nitrogens with zero attached hydrogens (tertiary/aromatic N) is 2. The van der Waals surface area contributed by atoms with Crippen molar-refractivity contribution in [2.75, 3.05) is 19.6 Å². The highest BCUT2D eigenvalue weighted by Gasteiger charge is 2.24. The lowest BCUT2D eigenvalue weighted by atomic mass is 10.0. The van der Waals surface area contributed by atoms with Gasteiger partial charge in [-0.2, -0.15) is 0 Å². The molecule has 0 aliphatic carbocycles. The minimum Gasteiger partial charge on any atom is -0.299 e. The van der Waals surface area contributed by atoms with Crippen LogP contribution in [-0.2, 0) is 19.5 Å². The quantitative estimate of drug-likeness (QED) is 0.439. The monoisotopic (exact) mass is 418 g/mol. The lowest BCUT2D eigenvalue weighted by molar-refractivity contribution is 0.0997. The highest BCUT2D eigenvalue weighted by molar-refractivity contribution is 6.30. The number of halogens is 1. The third-order valence-electron chi connectivity index (χ3n) is 6.15. The van der Waals surface area contributed by atoms with E-state index in [4.69, 9.17) is 11.6 Å². The van der Waals surface area contributed by atoms with Gasteiger partial charge >= 0.3 is 0 Å². The van der Waals surface area contributed by atoms with E-state index in [1.165, 1.54) is 29.5 Å². The van der Waals surface area contributed by atoms with Crippen molar-refractivity contribution in [2.45, 2.75) is 38.4 Å². The molecule has 0 spiro atoms. The van der Waals surface area contributed by atoms with Crippen molar-refractivity contribution >= 4 is 11.6 Å². The van der Waals surface area contributed by atoms with E-state index in [9.17, 15) is 0 Å². The minimum atomic E-state index is 0.649. The summed E-state index contributed by atoms with van der Waals surface area (Å²) in [5, 5.41) is 0.812. The zero-order valence-corrected chi connectivity index (χ0v) is 18.3. The first-order chi connectivity index (χ1) is 14.8. The van der Waals surface area contributed by atoms with E-state index in [0.29, 0.717) is 6.04 Å². The van der Waals surface area contributed by atoms with Gasteiger partial charge in [0.15, 0.2) is 0 Å². The van der Waals surface area contributed by atoms with Gasteiger partial charge in [0.25, 0.3) is 0 Å². The van der Waals surface area contributed by atoms with Crippen LogP contribution < -0.4 is 0 Å². The molecule has 2 nitrogen and oxygen atoms in total. The Morgan fingerprint density at radius 2 is 1.33 bits per heavy atom. The molecule has 3 aromatic carbocycles. The van der Waals surface area contributed by atoms with Crippen molar-refractivity contribution in [1.29, 1.82) is 0 Å². The standard InChI is InChI=1S/C27H31ClN2/c28-26-13-11-25(12-14-26)21-29-18-16-27(17-19-29)30(22-24-9-5-2-6-10-24)20-15-23-7-3-1-4-8-23/h1-14,27H,15-22H2. The molecule has 0 N–H and O–H groups in total. The Morgan fingerprint density at radius 1 is 0.733 bits per heavy atom. The van der Waals surface area contributed by atoms with Crippen molar-refractivity contribution < 1.29 is 0 Å². The minimum absolute atomic E-state index is 0.649. The molecule has 1 saturated heterocycles. The lowest BCUT2D eigenvalue weighted by Gasteiger charge is -2.39. The van der Waals surface area contributed by atoms with Crippen LogP contribution in [0, 0.1) is 0 Å². The Bertz CT molecular complexity index is 872. The van der Waals surface area contributed by atoms with E-state index in [2.05, 4.69) is 82.6 Å². The van der Waals surface area contributed by atoms with Gasteiger partial charge in [-0.05, 0) is 61.2 Å². The Labute approximate surface area is 186 Å². The van der Waals surface area contributed by atoms with Crippen molar-refractivity contribution in [3.8, 4) is 0 Å². The summed E-state index contributed by atoms with van der Waals surface area (Å²) in [6, 6.07) is 30.7. The third-order valence-corrected chi connectivity index (χ3v) is 6.40. The van der Waals surface area contributed by atoms with Crippen LogP contribution in [0.2, 0.25) is 5.02 Å². The van der Waals surface area contributed by atoms with Crippen LogP contribution in [-0.4, -0.2) is 35.5 Å². The molecule has 0 unspecified atom stereocenters. The summed E-state index contributed by atoms with van der Waals surface area (Å²) in [5.74, 6) is 0. The molecule has 3 heteroatoms. The number of likely N-dealkylation sites (tertiary alicyclic amines) is 1. The third kappa shape index (κ3) is 6.18. The van der Waals surface area contributed by atoms with Gasteiger partial charge in [-0.3, -0.25) is 9.80 Å². The van der Waals surface area contributed by atoms with E-state index < -0.39 is 0 Å². The van der Waals surface area contributed by atoms with Crippen molar-refractivity contribution in [1.82, 2.24) is 9.80 Å². The molecule has 1 aliphatic rings. The average molecular weight is 419 g/mol. The van der Waals surface area contributed by atoms with E-state index in [1.54, 1.807) is 0 Å². The molecule has 1 fully saturated rings. The van der Waals surface area contributed by atoms with Crippen molar-refractivity contribution in [3.63, 3.8) is 0 Å². The second-order valence-electron chi connectivity index (χ2n) is 8.33. The molecule has 0 aromatic heterocycles. The van der Waals surface area contributed by atoms with Gasteiger partial charge in [0.1, 0.15) is 0 Å². The smallest absolute Gasteiger partial charge is 0.0406 e. The Hall–Kier alpha value is -2.13. The average Bonchev–Trinajstić information content (AvgIpc) is 2.80. The molecule has 3 aromatic rings. The Morgan fingerprint density at radius 3 is 1.97 bits per heavy atom. The molecule has 1 aliphatic heterocycles. The molecule has 30 heavy (non-hydrogen) atoms. The topological polar surface area (TPSA) is 6.48 Å². The van der Waals surface area contributed by atoms with Crippen molar-refractivity contribution in [2.24, 2.45) is 0 Å². The van der Waals surface area contributed by atoms with Crippen LogP contribution in [0.3, 0.4) is 0 Å². The van der Waals surface area contributed by atoms with Crippen LogP contribution in [0.1, 0.15) is 29.5 Å². The van der Waals surface area contributed by atoms with Gasteiger partial charge in [0, 0.05) is 30.7 Å². The fraction of sp³-hybridized carbons (Fsp3) is 0.333. The summed E-state index contributed by atoms with van der Waals surface area (Å²) in [6.45, 7) is 5.48. The summed E-state index contributed by atoms with van der Waals surface area (Å²) in [6.07, 6.45) is 3.57. The van der Waals surface area contributed by atoms with Gasteiger partial charge in [-0.25, -0.2) is 0 Å². The van der Waals surface area contributed by atoms with E-state index >= 15 is 0 Å². The fourth-order valence-corrected chi connectivity index (χ4v) is 4.54. The zero-order valence-electron chi connectivity index (χ0n) is 17.6. The van der Waals surface area contributed by atoms with Gasteiger partial charge in [0.2, 0.25) is 0 Å². The molecule has 0 amide bonds. The largest absolute Gasteiger partial charge is 0.299 e. The molecule has 156 valence electrons. The van der Waals surface area contributed by atoms with Gasteiger partial charge in [-0.15, -0.1) is 0 Å². The zero-order chi connectivity index (χ0) is 20.6. The second kappa shape index (κ2) is 10.8. The van der Waals surface area contributed by atoms with Gasteiger partial charge < -0.3 is 0 Å². The van der Waals surface area contributed by atoms with E-state index in [-0.39, 0.29) is 0 Å². The Kier molecular flexibility index (Phi) is 7.58. The van der Waals surface area contributed by atoms with Crippen LogP contribution in [0.15, 0.2) is 84.9 Å². The molecule has 0 radical (unpaired) electrons. The molecular formula is C27H31ClN2.